The molecule has 3 N–H and O–H groups in total. The monoisotopic (exact) mass is 286 g/mol. The third kappa shape index (κ3) is 4.76. The van der Waals surface area contributed by atoms with Crippen LogP contribution in [0, 0.1) is 17.8 Å². The molecule has 6 heteroatoms. The number of carboxylic acid groups (broad SMARTS) is 1. The molecule has 0 aromatic heterocycles. The van der Waals surface area contributed by atoms with Gasteiger partial charge < -0.3 is 20.4 Å². The summed E-state index contributed by atoms with van der Waals surface area (Å²) in [5.41, 5.74) is -1.03. The van der Waals surface area contributed by atoms with Crippen LogP contribution in [0.5, 0.6) is 0 Å². The number of nitrogens with one attached hydrogen (secondary N) is 1. The molecular weight excluding hydrogens is 260 g/mol. The van der Waals surface area contributed by atoms with Gasteiger partial charge in [0, 0.05) is 13.1 Å². The molecule has 0 aliphatic heterocycles. The summed E-state index contributed by atoms with van der Waals surface area (Å²) in [7, 11) is 3.69. The van der Waals surface area contributed by atoms with Gasteiger partial charge in [0.05, 0.1) is 17.4 Å². The van der Waals surface area contributed by atoms with Crippen molar-refractivity contribution in [1.29, 1.82) is 0 Å². The van der Waals surface area contributed by atoms with Crippen molar-refractivity contribution in [2.45, 2.75) is 32.3 Å². The molecule has 0 saturated heterocycles. The predicted octanol–water partition coefficient (Wildman–Crippen LogP) is 0.162. The molecule has 0 spiro atoms. The predicted molar refractivity (Wildman–Crippen MR) is 75.2 cm³/mol. The Morgan fingerprint density at radius 2 is 1.85 bits per heavy atom. The standard InChI is InChI=1S/C14H26N2O4/c1-9-5-10(11(6-9)13(18)19)12(17)15-7-14(2,20)8-16(3)4/h9-11,20H,5-8H2,1-4H3,(H,15,17)(H,18,19)/t9?,10-,11+,14?/m0/s1. The van der Waals surface area contributed by atoms with Gasteiger partial charge in [-0.1, -0.05) is 6.92 Å². The van der Waals surface area contributed by atoms with Crippen molar-refractivity contribution in [2.24, 2.45) is 17.8 Å². The minimum absolute atomic E-state index is 0.126. The summed E-state index contributed by atoms with van der Waals surface area (Å²) in [5.74, 6) is -2.02. The SMILES string of the molecule is CC1C[C@H](C(=O)NCC(C)(O)CN(C)C)[C@H](C(=O)O)C1. The molecule has 1 fully saturated rings. The highest BCUT2D eigenvalue weighted by atomic mass is 16.4. The zero-order chi connectivity index (χ0) is 15.5. The maximum Gasteiger partial charge on any atom is 0.307 e. The molecule has 0 radical (unpaired) electrons. The number of rotatable bonds is 6. The maximum absolute atomic E-state index is 12.1. The van der Waals surface area contributed by atoms with Gasteiger partial charge in [0.1, 0.15) is 0 Å². The average molecular weight is 286 g/mol. The smallest absolute Gasteiger partial charge is 0.307 e. The Bertz CT molecular complexity index is 368. The van der Waals surface area contributed by atoms with Crippen LogP contribution < -0.4 is 5.32 Å². The molecular formula is C14H26N2O4. The van der Waals surface area contributed by atoms with E-state index in [2.05, 4.69) is 5.32 Å². The first-order chi connectivity index (χ1) is 9.12. The van der Waals surface area contributed by atoms with E-state index in [9.17, 15) is 14.7 Å². The number of amides is 1. The first kappa shape index (κ1) is 16.9. The molecule has 1 aliphatic rings. The van der Waals surface area contributed by atoms with Gasteiger partial charge in [0.25, 0.3) is 0 Å². The van der Waals surface area contributed by atoms with E-state index in [1.165, 1.54) is 0 Å². The first-order valence-corrected chi connectivity index (χ1v) is 7.00. The number of likely N-dealkylation sites (N-methyl/N-ethyl adjacent to an activating group) is 1. The Kier molecular flexibility index (Phi) is 5.53. The maximum atomic E-state index is 12.1. The van der Waals surface area contributed by atoms with Crippen molar-refractivity contribution in [2.75, 3.05) is 27.2 Å². The molecule has 0 aromatic rings. The van der Waals surface area contributed by atoms with Gasteiger partial charge in [-0.15, -0.1) is 0 Å². The zero-order valence-electron chi connectivity index (χ0n) is 12.7. The van der Waals surface area contributed by atoms with Crippen LogP contribution in [-0.4, -0.2) is 59.8 Å². The summed E-state index contributed by atoms with van der Waals surface area (Å²) >= 11 is 0. The van der Waals surface area contributed by atoms with Gasteiger partial charge >= 0.3 is 5.97 Å². The molecule has 1 amide bonds. The molecule has 2 unspecified atom stereocenters. The number of hydrogen-bond acceptors (Lipinski definition) is 4. The second-order valence-electron chi connectivity index (χ2n) is 6.58. The highest BCUT2D eigenvalue weighted by Crippen LogP contribution is 2.36. The van der Waals surface area contributed by atoms with Crippen molar-refractivity contribution in [3.63, 3.8) is 0 Å². The number of carbonyl (C=O) groups excluding carboxylic acids is 1. The number of aliphatic carboxylic acids is 1. The van der Waals surface area contributed by atoms with Crippen molar-refractivity contribution in [1.82, 2.24) is 10.2 Å². The van der Waals surface area contributed by atoms with Gasteiger partial charge in [-0.05, 0) is 39.8 Å². The summed E-state index contributed by atoms with van der Waals surface area (Å²) in [4.78, 5) is 25.1. The molecule has 6 nitrogen and oxygen atoms in total. The van der Waals surface area contributed by atoms with Crippen LogP contribution in [0.25, 0.3) is 0 Å². The van der Waals surface area contributed by atoms with Crippen LogP contribution in [0.3, 0.4) is 0 Å². The van der Waals surface area contributed by atoms with Gasteiger partial charge in [0.15, 0.2) is 0 Å². The van der Waals surface area contributed by atoms with Crippen molar-refractivity contribution in [3.05, 3.63) is 0 Å². The average Bonchev–Trinajstić information content (AvgIpc) is 2.67. The Morgan fingerprint density at radius 3 is 2.35 bits per heavy atom. The molecule has 1 saturated carbocycles. The lowest BCUT2D eigenvalue weighted by atomic mass is 9.95. The van der Waals surface area contributed by atoms with Crippen molar-refractivity contribution < 1.29 is 19.8 Å². The van der Waals surface area contributed by atoms with E-state index < -0.39 is 23.4 Å². The lowest BCUT2D eigenvalue weighted by molar-refractivity contribution is -0.146. The van der Waals surface area contributed by atoms with Crippen LogP contribution >= 0.6 is 0 Å². The Morgan fingerprint density at radius 1 is 1.30 bits per heavy atom. The van der Waals surface area contributed by atoms with Crippen LogP contribution in [0.1, 0.15) is 26.7 Å². The van der Waals surface area contributed by atoms with E-state index in [1.54, 1.807) is 6.92 Å². The van der Waals surface area contributed by atoms with E-state index in [4.69, 9.17) is 5.11 Å². The molecule has 0 heterocycles. The van der Waals surface area contributed by atoms with E-state index in [1.807, 2.05) is 25.9 Å². The van der Waals surface area contributed by atoms with E-state index >= 15 is 0 Å². The van der Waals surface area contributed by atoms with E-state index in [0.717, 1.165) is 0 Å². The number of aliphatic hydroxyl groups is 1. The summed E-state index contributed by atoms with van der Waals surface area (Å²) in [6.45, 7) is 4.17. The van der Waals surface area contributed by atoms with Crippen LogP contribution in [-0.2, 0) is 9.59 Å². The number of carboxylic acids is 1. The van der Waals surface area contributed by atoms with Crippen molar-refractivity contribution in [3.8, 4) is 0 Å². The normalized spacial score (nSPS) is 29.2. The zero-order valence-corrected chi connectivity index (χ0v) is 12.7. The number of nitrogens with zero attached hydrogens (tertiary/aromatic N) is 1. The lowest BCUT2D eigenvalue weighted by Crippen LogP contribution is -2.48. The molecule has 1 rings (SSSR count). The fraction of sp³-hybridized carbons (Fsp3) is 0.857. The van der Waals surface area contributed by atoms with Gasteiger partial charge in [-0.2, -0.15) is 0 Å². The van der Waals surface area contributed by atoms with Gasteiger partial charge in [0.2, 0.25) is 5.91 Å². The van der Waals surface area contributed by atoms with Gasteiger partial charge in [-0.25, -0.2) is 0 Å². The Balaban J connectivity index is 2.56. The Labute approximate surface area is 120 Å². The summed E-state index contributed by atoms with van der Waals surface area (Å²) in [6.07, 6.45) is 1.14. The topological polar surface area (TPSA) is 89.9 Å². The summed E-state index contributed by atoms with van der Waals surface area (Å²) in [6, 6.07) is 0. The molecule has 116 valence electrons. The second kappa shape index (κ2) is 6.54. The van der Waals surface area contributed by atoms with Crippen molar-refractivity contribution >= 4 is 11.9 Å². The minimum Gasteiger partial charge on any atom is -0.481 e. The molecule has 20 heavy (non-hydrogen) atoms. The highest BCUT2D eigenvalue weighted by molar-refractivity contribution is 5.85. The fourth-order valence-corrected chi connectivity index (χ4v) is 3.00. The van der Waals surface area contributed by atoms with E-state index in [0.29, 0.717) is 19.4 Å². The van der Waals surface area contributed by atoms with Crippen LogP contribution in [0.4, 0.5) is 0 Å². The summed E-state index contributed by atoms with van der Waals surface area (Å²) in [5, 5.41) is 22.0. The largest absolute Gasteiger partial charge is 0.481 e. The second-order valence-corrected chi connectivity index (χ2v) is 6.58. The van der Waals surface area contributed by atoms with Gasteiger partial charge in [-0.3, -0.25) is 9.59 Å². The summed E-state index contributed by atoms with van der Waals surface area (Å²) < 4.78 is 0. The number of carbonyl (C=O) groups is 2. The first-order valence-electron chi connectivity index (χ1n) is 7.00. The molecule has 4 atom stereocenters. The van der Waals surface area contributed by atoms with E-state index in [-0.39, 0.29) is 18.4 Å². The van der Waals surface area contributed by atoms with Crippen LogP contribution in [0.2, 0.25) is 0 Å². The molecule has 1 aliphatic carbocycles. The molecule has 0 aromatic carbocycles. The highest BCUT2D eigenvalue weighted by Gasteiger charge is 2.41. The minimum atomic E-state index is -1.03. The van der Waals surface area contributed by atoms with Crippen LogP contribution in [0.15, 0.2) is 0 Å². The quantitative estimate of drug-likeness (QED) is 0.647. The molecule has 0 bridgehead atoms. The third-order valence-electron chi connectivity index (χ3n) is 3.75. The number of hydrogen-bond donors (Lipinski definition) is 3. The fourth-order valence-electron chi connectivity index (χ4n) is 3.00. The Hall–Kier alpha value is -1.14. The lowest BCUT2D eigenvalue weighted by Gasteiger charge is -2.28. The third-order valence-corrected chi connectivity index (χ3v) is 3.75.